The standard InChI is InChI=1S/C28H25F3N2O5S2/c1-28(2,17-5-8-19(9-6-17)40(4,36)37)25-14-32-27(33(25)18-7-10-21(29)24(13-18)38-3)39-15-20-22(30)11-16(26(34)35)12-23(20)31/h5-14H,15H2,1-4H3,(H,34,35). The number of methoxy groups -OCH3 is 1. The van der Waals surface area contributed by atoms with Gasteiger partial charge in [-0.15, -0.1) is 0 Å². The van der Waals surface area contributed by atoms with Crippen LogP contribution in [0.15, 0.2) is 70.8 Å². The lowest BCUT2D eigenvalue weighted by molar-refractivity contribution is 0.0695. The fourth-order valence-corrected chi connectivity index (χ4v) is 5.82. The zero-order valence-electron chi connectivity index (χ0n) is 21.9. The van der Waals surface area contributed by atoms with Crippen LogP contribution in [0.25, 0.3) is 5.69 Å². The lowest BCUT2D eigenvalue weighted by Gasteiger charge is -2.28. The molecule has 0 spiro atoms. The molecule has 4 rings (SSSR count). The smallest absolute Gasteiger partial charge is 0.335 e. The summed E-state index contributed by atoms with van der Waals surface area (Å²) in [6, 6.07) is 12.1. The number of carboxylic acid groups (broad SMARTS) is 1. The van der Waals surface area contributed by atoms with Gasteiger partial charge in [0, 0.05) is 29.1 Å². The van der Waals surface area contributed by atoms with E-state index in [1.165, 1.54) is 37.4 Å². The third-order valence-electron chi connectivity index (χ3n) is 6.50. The van der Waals surface area contributed by atoms with Crippen LogP contribution in [0.2, 0.25) is 0 Å². The minimum Gasteiger partial charge on any atom is -0.494 e. The van der Waals surface area contributed by atoms with Gasteiger partial charge >= 0.3 is 5.97 Å². The van der Waals surface area contributed by atoms with Gasteiger partial charge in [0.05, 0.1) is 35.1 Å². The van der Waals surface area contributed by atoms with Gasteiger partial charge in [-0.3, -0.25) is 4.57 Å². The average molecular weight is 591 g/mol. The molecule has 0 amide bonds. The maximum absolute atomic E-state index is 14.6. The van der Waals surface area contributed by atoms with Crippen molar-refractivity contribution in [2.75, 3.05) is 13.4 Å². The first-order valence-corrected chi connectivity index (χ1v) is 14.7. The summed E-state index contributed by atoms with van der Waals surface area (Å²) in [7, 11) is -2.08. The van der Waals surface area contributed by atoms with E-state index in [1.807, 2.05) is 13.8 Å². The molecule has 1 N–H and O–H groups in total. The van der Waals surface area contributed by atoms with Gasteiger partial charge in [0.25, 0.3) is 0 Å². The molecular formula is C28H25F3N2O5S2. The first-order valence-electron chi connectivity index (χ1n) is 11.8. The molecule has 3 aromatic carbocycles. The lowest BCUT2D eigenvalue weighted by Crippen LogP contribution is -2.23. The molecule has 40 heavy (non-hydrogen) atoms. The molecule has 0 bridgehead atoms. The van der Waals surface area contributed by atoms with Crippen LogP contribution in [-0.4, -0.2) is 42.4 Å². The number of carbonyl (C=O) groups is 1. The molecule has 12 heteroatoms. The normalized spacial score (nSPS) is 12.0. The van der Waals surface area contributed by atoms with E-state index >= 15 is 0 Å². The number of hydrogen-bond donors (Lipinski definition) is 1. The Morgan fingerprint density at radius 2 is 1.65 bits per heavy atom. The van der Waals surface area contributed by atoms with Gasteiger partial charge in [-0.1, -0.05) is 37.7 Å². The van der Waals surface area contributed by atoms with Crippen molar-refractivity contribution in [3.8, 4) is 11.4 Å². The molecule has 0 aliphatic heterocycles. The number of sulfone groups is 1. The summed E-state index contributed by atoms with van der Waals surface area (Å²) in [5, 5.41) is 9.39. The number of hydrogen-bond acceptors (Lipinski definition) is 6. The predicted molar refractivity (Wildman–Crippen MR) is 145 cm³/mol. The van der Waals surface area contributed by atoms with Crippen LogP contribution >= 0.6 is 11.8 Å². The summed E-state index contributed by atoms with van der Waals surface area (Å²) >= 11 is 1.00. The summed E-state index contributed by atoms with van der Waals surface area (Å²) in [6.45, 7) is 3.80. The average Bonchev–Trinajstić information content (AvgIpc) is 3.32. The highest BCUT2D eigenvalue weighted by molar-refractivity contribution is 7.98. The van der Waals surface area contributed by atoms with Crippen molar-refractivity contribution in [3.05, 3.63) is 101 Å². The van der Waals surface area contributed by atoms with Gasteiger partial charge in [0.2, 0.25) is 0 Å². The van der Waals surface area contributed by atoms with Gasteiger partial charge in [-0.05, 0) is 42.0 Å². The summed E-state index contributed by atoms with van der Waals surface area (Å²) in [5.74, 6) is -4.27. The quantitative estimate of drug-likeness (QED) is 0.238. The second-order valence-corrected chi connectivity index (χ2v) is 12.5. The molecule has 0 aliphatic rings. The summed E-state index contributed by atoms with van der Waals surface area (Å²) in [4.78, 5) is 15.8. The fourth-order valence-electron chi connectivity index (χ4n) is 4.18. The number of thioether (sulfide) groups is 1. The maximum Gasteiger partial charge on any atom is 0.335 e. The minimum absolute atomic E-state index is 0.0234. The van der Waals surface area contributed by atoms with E-state index < -0.39 is 44.2 Å². The molecule has 0 saturated heterocycles. The number of carboxylic acids is 1. The zero-order chi connectivity index (χ0) is 29.4. The van der Waals surface area contributed by atoms with Gasteiger partial charge < -0.3 is 9.84 Å². The molecule has 1 heterocycles. The largest absolute Gasteiger partial charge is 0.494 e. The Kier molecular flexibility index (Phi) is 8.04. The first kappa shape index (κ1) is 29.2. The number of aromatic carboxylic acids is 1. The molecule has 0 radical (unpaired) electrons. The third-order valence-corrected chi connectivity index (χ3v) is 8.61. The van der Waals surface area contributed by atoms with Crippen LogP contribution in [0.3, 0.4) is 0 Å². The van der Waals surface area contributed by atoms with Crippen molar-refractivity contribution in [3.63, 3.8) is 0 Å². The van der Waals surface area contributed by atoms with E-state index in [4.69, 9.17) is 9.84 Å². The highest BCUT2D eigenvalue weighted by Gasteiger charge is 2.30. The van der Waals surface area contributed by atoms with Crippen molar-refractivity contribution in [2.24, 2.45) is 0 Å². The van der Waals surface area contributed by atoms with Gasteiger partial charge in [0.15, 0.2) is 26.6 Å². The zero-order valence-corrected chi connectivity index (χ0v) is 23.5. The molecule has 0 aliphatic carbocycles. The first-order chi connectivity index (χ1) is 18.7. The Balaban J connectivity index is 1.81. The van der Waals surface area contributed by atoms with Crippen molar-refractivity contribution in [1.29, 1.82) is 0 Å². The molecule has 0 saturated carbocycles. The number of aromatic nitrogens is 2. The van der Waals surface area contributed by atoms with Crippen molar-refractivity contribution in [1.82, 2.24) is 9.55 Å². The molecule has 210 valence electrons. The van der Waals surface area contributed by atoms with E-state index in [0.29, 0.717) is 16.5 Å². The number of nitrogens with zero attached hydrogens (tertiary/aromatic N) is 2. The van der Waals surface area contributed by atoms with Crippen LogP contribution in [0.4, 0.5) is 13.2 Å². The van der Waals surface area contributed by atoms with Gasteiger partial charge in [-0.2, -0.15) is 0 Å². The Morgan fingerprint density at radius 3 is 2.20 bits per heavy atom. The van der Waals surface area contributed by atoms with Crippen LogP contribution in [0, 0.1) is 17.5 Å². The number of imidazole rings is 1. The molecule has 7 nitrogen and oxygen atoms in total. The van der Waals surface area contributed by atoms with Crippen molar-refractivity contribution in [2.45, 2.75) is 35.1 Å². The van der Waals surface area contributed by atoms with Crippen LogP contribution < -0.4 is 4.74 Å². The summed E-state index contributed by atoms with van der Waals surface area (Å²) < 4.78 is 74.3. The number of rotatable bonds is 9. The Morgan fingerprint density at radius 1 is 1.02 bits per heavy atom. The number of benzene rings is 3. The van der Waals surface area contributed by atoms with Crippen molar-refractivity contribution >= 4 is 27.6 Å². The Labute approximate surface area is 233 Å². The second-order valence-electron chi connectivity index (χ2n) is 9.51. The summed E-state index contributed by atoms with van der Waals surface area (Å²) in [5.41, 5.74) is 0.263. The van der Waals surface area contributed by atoms with E-state index in [2.05, 4.69) is 4.98 Å². The highest BCUT2D eigenvalue weighted by atomic mass is 32.2. The van der Waals surface area contributed by atoms with Crippen LogP contribution in [-0.2, 0) is 21.0 Å². The lowest BCUT2D eigenvalue weighted by atomic mass is 9.81. The molecular weight excluding hydrogens is 565 g/mol. The Hall–Kier alpha value is -3.77. The molecule has 0 atom stereocenters. The van der Waals surface area contributed by atoms with E-state index in [9.17, 15) is 26.4 Å². The predicted octanol–water partition coefficient (Wildman–Crippen LogP) is 6.02. The van der Waals surface area contributed by atoms with E-state index in [-0.39, 0.29) is 22.0 Å². The van der Waals surface area contributed by atoms with Crippen LogP contribution in [0.1, 0.15) is 41.0 Å². The van der Waals surface area contributed by atoms with Gasteiger partial charge in [-0.25, -0.2) is 31.4 Å². The maximum atomic E-state index is 14.6. The Bertz CT molecular complexity index is 1680. The monoisotopic (exact) mass is 590 g/mol. The fraction of sp³-hybridized carbons (Fsp3) is 0.214. The molecule has 4 aromatic rings. The number of halogens is 3. The van der Waals surface area contributed by atoms with Crippen LogP contribution in [0.5, 0.6) is 5.75 Å². The number of ether oxygens (including phenoxy) is 1. The summed E-state index contributed by atoms with van der Waals surface area (Å²) in [6.07, 6.45) is 2.71. The SMILES string of the molecule is COc1cc(-n2c(C(C)(C)c3ccc(S(C)(=O)=O)cc3)cnc2SCc2c(F)cc(C(=O)O)cc2F)ccc1F. The van der Waals surface area contributed by atoms with Gasteiger partial charge in [0.1, 0.15) is 11.6 Å². The molecule has 0 fully saturated rings. The highest BCUT2D eigenvalue weighted by Crippen LogP contribution is 2.38. The second kappa shape index (κ2) is 11.0. The third kappa shape index (κ3) is 5.73. The molecule has 1 aromatic heterocycles. The minimum atomic E-state index is -3.40. The topological polar surface area (TPSA) is 98.5 Å². The van der Waals surface area contributed by atoms with E-state index in [1.54, 1.807) is 22.9 Å². The van der Waals surface area contributed by atoms with E-state index in [0.717, 1.165) is 35.7 Å². The molecule has 0 unspecified atom stereocenters. The van der Waals surface area contributed by atoms with Crippen molar-refractivity contribution < 1.29 is 36.2 Å².